The first-order valence-electron chi connectivity index (χ1n) is 28.8. The largest absolute Gasteiger partial charge is 0.481 e. The lowest BCUT2D eigenvalue weighted by Gasteiger charge is -2.21. The van der Waals surface area contributed by atoms with Crippen LogP contribution < -0.4 is 16.4 Å². The zero-order valence-electron chi connectivity index (χ0n) is 49.2. The number of nitrogens with one attached hydrogen (secondary N) is 2. The number of carbonyl (C=O) groups excluding carboxylic acids is 3. The van der Waals surface area contributed by atoms with Crippen molar-refractivity contribution >= 4 is 41.7 Å². The van der Waals surface area contributed by atoms with Crippen LogP contribution in [0.2, 0.25) is 0 Å². The fourth-order valence-corrected chi connectivity index (χ4v) is 9.65. The first kappa shape index (κ1) is 68.9. The summed E-state index contributed by atoms with van der Waals surface area (Å²) in [6.07, 6.45) is 2.37. The summed E-state index contributed by atoms with van der Waals surface area (Å²) in [5.74, 6) is -6.44. The summed E-state index contributed by atoms with van der Waals surface area (Å²) in [7, 11) is 0. The van der Waals surface area contributed by atoms with Crippen LogP contribution in [0.1, 0.15) is 104 Å². The summed E-state index contributed by atoms with van der Waals surface area (Å²) in [6.45, 7) is 7.30. The number of aliphatic carboxylic acids is 3. The Morgan fingerprint density at radius 1 is 0.455 bits per heavy atom. The molecule has 462 valence electrons. The lowest BCUT2D eigenvalue weighted by molar-refractivity contribution is -0.148. The molecule has 0 saturated carbocycles. The number of esters is 1. The van der Waals surface area contributed by atoms with Gasteiger partial charge in [-0.1, -0.05) is 192 Å². The molecule has 6 atom stereocenters. The quantitative estimate of drug-likeness (QED) is 0.0236. The second kappa shape index (κ2) is 34.9. The smallest absolute Gasteiger partial charge is 0.371 e. The first-order valence-corrected chi connectivity index (χ1v) is 28.8. The number of benzene rings is 6. The van der Waals surface area contributed by atoms with E-state index >= 15 is 0 Å². The molecule has 0 aliphatic heterocycles. The highest BCUT2D eigenvalue weighted by molar-refractivity contribution is 5.92. The number of carboxylic acid groups (broad SMARTS) is 4. The van der Waals surface area contributed by atoms with E-state index in [1.165, 1.54) is 41.0 Å². The standard InChI is InChI=1S/2C25H25NO6.C20H25NO2.CH4/c1-16(25(30)31)13-20(26-24(29)22-12-11-21(32-22)15-23(27)28)14-17-7-9-19(10-8-17)18-5-3-2-4-6-18;1-16(24(28)29)13-20(26-23(27)15-21-11-12-22(32-21)25(30)31)14-17-7-9-19(10-8-17)18-5-3-2-4-6-18;1-3-23-20(22)15(2)13-19(21)14-16-9-11-18(12-10-16)17-7-5-4-6-8-17;/h2-12,16,20H,13-15H2,1H3,(H,26,29)(H,27,28)(H,30,31);2-12,16,20H,13-15H2,1H3,(H,26,27)(H,28,29)(H,30,31);4-12,15,19H,3,13-14,21H2,1-2H3;1H4/t2*16-,20+;15-,19+;/m111./s1. The fraction of sp³-hybridized carbons (Fsp3) is 0.282. The van der Waals surface area contributed by atoms with Gasteiger partial charge in [0, 0.05) is 18.1 Å². The van der Waals surface area contributed by atoms with Crippen LogP contribution in [0, 0.1) is 17.8 Å². The predicted octanol–water partition coefficient (Wildman–Crippen LogP) is 12.5. The molecule has 2 heterocycles. The van der Waals surface area contributed by atoms with Gasteiger partial charge >= 0.3 is 29.8 Å². The Morgan fingerprint density at radius 3 is 1.22 bits per heavy atom. The van der Waals surface area contributed by atoms with Crippen LogP contribution in [0.5, 0.6) is 0 Å². The molecule has 2 aromatic heterocycles. The highest BCUT2D eigenvalue weighted by atomic mass is 16.5. The van der Waals surface area contributed by atoms with Gasteiger partial charge in [0.1, 0.15) is 17.9 Å². The Hall–Kier alpha value is -9.87. The third-order valence-corrected chi connectivity index (χ3v) is 14.2. The number of ether oxygens (including phenoxy) is 1. The van der Waals surface area contributed by atoms with Gasteiger partial charge in [-0.15, -0.1) is 0 Å². The lowest BCUT2D eigenvalue weighted by atomic mass is 9.95. The summed E-state index contributed by atoms with van der Waals surface area (Å²) in [5.41, 5.74) is 16.0. The molecule has 0 bridgehead atoms. The molecule has 0 radical (unpaired) electrons. The topological polar surface area (TPSA) is 286 Å². The number of hydrogen-bond acceptors (Lipinski definition) is 11. The second-order valence-corrected chi connectivity index (χ2v) is 21.4. The average molecular weight is 1200 g/mol. The minimum Gasteiger partial charge on any atom is -0.481 e. The normalized spacial score (nSPS) is 12.7. The van der Waals surface area contributed by atoms with Crippen molar-refractivity contribution in [3.63, 3.8) is 0 Å². The molecule has 17 nitrogen and oxygen atoms in total. The zero-order chi connectivity index (χ0) is 62.8. The molecular weight excluding hydrogens is 1120 g/mol. The van der Waals surface area contributed by atoms with Gasteiger partial charge in [0.2, 0.25) is 11.7 Å². The SMILES string of the molecule is C.CCOC(=O)[C@H](C)C[C@H](N)Cc1ccc(-c2ccccc2)cc1.C[C@H](C[C@@H](Cc1ccc(-c2ccccc2)cc1)NC(=O)Cc1ccc(C(=O)O)o1)C(=O)O.C[C@H](C[C@@H](Cc1ccc(-c2ccccc2)cc1)NC(=O)c1ccc(CC(=O)O)o1)C(=O)O. The predicted molar refractivity (Wildman–Crippen MR) is 337 cm³/mol. The number of carbonyl (C=O) groups is 7. The maximum Gasteiger partial charge on any atom is 0.371 e. The van der Waals surface area contributed by atoms with Crippen molar-refractivity contribution in [3.05, 3.63) is 228 Å². The van der Waals surface area contributed by atoms with Crippen molar-refractivity contribution in [2.75, 3.05) is 6.61 Å². The average Bonchev–Trinajstić information content (AvgIpc) is 3.68. The fourth-order valence-electron chi connectivity index (χ4n) is 9.65. The van der Waals surface area contributed by atoms with Gasteiger partial charge in [-0.3, -0.25) is 28.8 Å². The van der Waals surface area contributed by atoms with Crippen molar-refractivity contribution in [1.82, 2.24) is 10.6 Å². The molecule has 0 saturated heterocycles. The number of carboxylic acids is 4. The van der Waals surface area contributed by atoms with Gasteiger partial charge in [0.15, 0.2) is 5.76 Å². The van der Waals surface area contributed by atoms with E-state index < -0.39 is 53.7 Å². The van der Waals surface area contributed by atoms with Gasteiger partial charge in [0.05, 0.1) is 30.8 Å². The zero-order valence-corrected chi connectivity index (χ0v) is 49.2. The molecule has 17 heteroatoms. The van der Waals surface area contributed by atoms with Crippen LogP contribution in [0.15, 0.2) is 197 Å². The summed E-state index contributed by atoms with van der Waals surface area (Å²) in [5, 5.41) is 42.1. The number of amides is 2. The minimum absolute atomic E-state index is 0. The van der Waals surface area contributed by atoms with Crippen molar-refractivity contribution in [2.45, 2.75) is 105 Å². The van der Waals surface area contributed by atoms with E-state index in [0.29, 0.717) is 25.9 Å². The second-order valence-electron chi connectivity index (χ2n) is 21.4. The van der Waals surface area contributed by atoms with Crippen LogP contribution in [0.4, 0.5) is 0 Å². The number of hydrogen-bond donors (Lipinski definition) is 7. The number of furan rings is 2. The number of rotatable bonds is 27. The van der Waals surface area contributed by atoms with Gasteiger partial charge in [0.25, 0.3) is 5.91 Å². The molecule has 8 rings (SSSR count). The van der Waals surface area contributed by atoms with Crippen molar-refractivity contribution in [2.24, 2.45) is 23.5 Å². The van der Waals surface area contributed by atoms with Crippen molar-refractivity contribution < 1.29 is 67.6 Å². The third-order valence-electron chi connectivity index (χ3n) is 14.2. The van der Waals surface area contributed by atoms with Crippen LogP contribution in [-0.2, 0) is 60.8 Å². The Labute approximate surface area is 513 Å². The highest BCUT2D eigenvalue weighted by Gasteiger charge is 2.25. The van der Waals surface area contributed by atoms with Crippen molar-refractivity contribution in [1.29, 1.82) is 0 Å². The number of aromatic carboxylic acids is 1. The maximum absolute atomic E-state index is 12.6. The van der Waals surface area contributed by atoms with E-state index in [-0.39, 0.29) is 80.0 Å². The minimum atomic E-state index is -1.20. The maximum atomic E-state index is 12.6. The molecule has 6 aromatic carbocycles. The van der Waals surface area contributed by atoms with Crippen LogP contribution in [-0.4, -0.2) is 86.8 Å². The molecular formula is C71H79N3O14. The molecule has 0 unspecified atom stereocenters. The highest BCUT2D eigenvalue weighted by Crippen LogP contribution is 2.25. The molecule has 0 fully saturated rings. The molecule has 0 aliphatic rings. The molecule has 8 N–H and O–H groups in total. The molecule has 88 heavy (non-hydrogen) atoms. The molecule has 2 amide bonds. The van der Waals surface area contributed by atoms with Gasteiger partial charge < -0.3 is 50.4 Å². The Balaban J connectivity index is 0.000000243. The summed E-state index contributed by atoms with van der Waals surface area (Å²) < 4.78 is 15.5. The summed E-state index contributed by atoms with van der Waals surface area (Å²) in [6, 6.07) is 59.2. The van der Waals surface area contributed by atoms with E-state index in [9.17, 15) is 43.8 Å². The number of nitrogens with two attached hydrogens (primary N) is 1. The Kier molecular flexibility index (Phi) is 27.4. The third kappa shape index (κ3) is 22.9. The first-order chi connectivity index (χ1) is 41.7. The van der Waals surface area contributed by atoms with Gasteiger partial charge in [-0.25, -0.2) is 4.79 Å². The summed E-state index contributed by atoms with van der Waals surface area (Å²) >= 11 is 0. The Morgan fingerprint density at radius 2 is 0.830 bits per heavy atom. The van der Waals surface area contributed by atoms with E-state index in [2.05, 4.69) is 47.0 Å². The van der Waals surface area contributed by atoms with Crippen LogP contribution in [0.25, 0.3) is 33.4 Å². The molecule has 0 spiro atoms. The summed E-state index contributed by atoms with van der Waals surface area (Å²) in [4.78, 5) is 81.3. The van der Waals surface area contributed by atoms with E-state index in [4.69, 9.17) is 29.5 Å². The van der Waals surface area contributed by atoms with Crippen LogP contribution >= 0.6 is 0 Å². The van der Waals surface area contributed by atoms with Crippen molar-refractivity contribution in [3.8, 4) is 33.4 Å². The van der Waals surface area contributed by atoms with E-state index in [0.717, 1.165) is 39.8 Å². The van der Waals surface area contributed by atoms with Crippen LogP contribution in [0.3, 0.4) is 0 Å². The monoisotopic (exact) mass is 1200 g/mol. The molecule has 0 aliphatic carbocycles. The van der Waals surface area contributed by atoms with Gasteiger partial charge in [-0.2, -0.15) is 0 Å². The lowest BCUT2D eigenvalue weighted by Crippen LogP contribution is -2.39. The van der Waals surface area contributed by atoms with E-state index in [1.54, 1.807) is 13.8 Å². The van der Waals surface area contributed by atoms with Gasteiger partial charge in [-0.05, 0) is 120 Å². The Bertz CT molecular complexity index is 3470. The molecule has 8 aromatic rings. The van der Waals surface area contributed by atoms with E-state index in [1.807, 2.05) is 141 Å².